The third-order valence-electron chi connectivity index (χ3n) is 11.8. The second-order valence-corrected chi connectivity index (χ2v) is 22.6. The van der Waals surface area contributed by atoms with Gasteiger partial charge in [-0.1, -0.05) is 176 Å². The zero-order valence-corrected chi connectivity index (χ0v) is 39.5. The van der Waals surface area contributed by atoms with Gasteiger partial charge in [0.15, 0.2) is 0 Å². The molecule has 0 fully saturated rings. The number of para-hydroxylation sites is 3. The van der Waals surface area contributed by atoms with Gasteiger partial charge in [-0.3, -0.25) is 4.98 Å². The Bertz CT molecular complexity index is 3400. The molecule has 0 bridgehead atoms. The third-order valence-corrected chi connectivity index (χ3v) is 13.8. The number of benzene rings is 8. The fraction of sp³-hybridized carbons (Fsp3) is 0.123. The van der Waals surface area contributed by atoms with Gasteiger partial charge in [-0.25, -0.2) is 0 Å². The van der Waals surface area contributed by atoms with Crippen molar-refractivity contribution in [3.63, 3.8) is 0 Å². The van der Waals surface area contributed by atoms with Crippen LogP contribution in [-0.4, -0.2) is 22.6 Å². The first-order valence-corrected chi connectivity index (χ1v) is 25.0. The molecular formula is C57H47IrN3OSi-2. The Hall–Kier alpha value is -6.43. The normalized spacial score (nSPS) is 11.7. The standard InChI is InChI=1S/C31H19N2O.C26H28NSi.Ir/c1-2-9-21(10-3-1)22-17-19-23(20-18-22)33-28-15-6-5-14-27(28)32-31(33)26-13-8-12-25-24-11-4-7-16-29(24)34-30(25)26;1-18(2)15-20-16-25(27-17-26(20)28(3,4)5)24-12-8-11-22-21-10-7-6-9-19(21)13-14-23(22)24;/h1-12,14-20H;6-11,13-14,16-18H,15H2,1-5H3;/q2*-1;. The predicted molar refractivity (Wildman–Crippen MR) is 263 cm³/mol. The van der Waals surface area contributed by atoms with E-state index in [1.807, 2.05) is 54.6 Å². The summed E-state index contributed by atoms with van der Waals surface area (Å²) in [6.45, 7) is 11.8. The number of hydrogen-bond acceptors (Lipinski definition) is 3. The minimum atomic E-state index is -1.43. The van der Waals surface area contributed by atoms with E-state index in [1.165, 1.54) is 43.4 Å². The van der Waals surface area contributed by atoms with Crippen LogP contribution in [-0.2, 0) is 26.5 Å². The summed E-state index contributed by atoms with van der Waals surface area (Å²) < 4.78 is 8.51. The first-order valence-electron chi connectivity index (χ1n) is 21.5. The van der Waals surface area contributed by atoms with Gasteiger partial charge in [0, 0.05) is 37.4 Å². The second-order valence-electron chi connectivity index (χ2n) is 17.5. The number of fused-ring (bicyclic) bond motifs is 7. The summed E-state index contributed by atoms with van der Waals surface area (Å²) in [6, 6.07) is 65.9. The van der Waals surface area contributed by atoms with Crippen LogP contribution in [0.2, 0.25) is 19.6 Å². The largest absolute Gasteiger partial charge is 0.501 e. The molecule has 1 radical (unpaired) electrons. The topological polar surface area (TPSA) is 43.9 Å². The Morgan fingerprint density at radius 3 is 2.06 bits per heavy atom. The second kappa shape index (κ2) is 17.4. The van der Waals surface area contributed by atoms with Crippen molar-refractivity contribution < 1.29 is 24.5 Å². The molecule has 0 atom stereocenters. The maximum absolute atomic E-state index is 6.32. The molecule has 0 aliphatic carbocycles. The van der Waals surface area contributed by atoms with Crippen molar-refractivity contribution in [1.29, 1.82) is 0 Å². The number of rotatable bonds is 7. The van der Waals surface area contributed by atoms with E-state index in [2.05, 4.69) is 172 Å². The fourth-order valence-corrected chi connectivity index (χ4v) is 10.4. The van der Waals surface area contributed by atoms with Crippen LogP contribution in [0.1, 0.15) is 19.4 Å². The van der Waals surface area contributed by atoms with Crippen LogP contribution in [0, 0.1) is 18.1 Å². The monoisotopic (exact) mass is 1010 g/mol. The van der Waals surface area contributed by atoms with Gasteiger partial charge in [-0.05, 0) is 75.5 Å². The van der Waals surface area contributed by atoms with E-state index in [0.29, 0.717) is 5.92 Å². The van der Waals surface area contributed by atoms with Crippen LogP contribution >= 0.6 is 0 Å². The van der Waals surface area contributed by atoms with E-state index >= 15 is 0 Å². The third kappa shape index (κ3) is 8.07. The van der Waals surface area contributed by atoms with E-state index in [9.17, 15) is 0 Å². The van der Waals surface area contributed by atoms with Crippen LogP contribution < -0.4 is 5.19 Å². The van der Waals surface area contributed by atoms with Crippen LogP contribution in [0.15, 0.2) is 180 Å². The molecule has 0 spiro atoms. The number of furan rings is 1. The van der Waals surface area contributed by atoms with Crippen LogP contribution in [0.25, 0.3) is 94.0 Å². The van der Waals surface area contributed by atoms with Gasteiger partial charge in [0.05, 0.1) is 30.5 Å². The number of pyridine rings is 1. The van der Waals surface area contributed by atoms with Crippen LogP contribution in [0.4, 0.5) is 0 Å². The Morgan fingerprint density at radius 2 is 1.29 bits per heavy atom. The van der Waals surface area contributed by atoms with Crippen LogP contribution in [0.5, 0.6) is 0 Å². The number of imidazole rings is 1. The van der Waals surface area contributed by atoms with Crippen molar-refractivity contribution in [2.24, 2.45) is 5.92 Å². The first kappa shape index (κ1) is 41.9. The van der Waals surface area contributed by atoms with E-state index in [4.69, 9.17) is 14.4 Å². The molecule has 6 heteroatoms. The summed E-state index contributed by atoms with van der Waals surface area (Å²) in [5, 5.41) is 8.71. The van der Waals surface area contributed by atoms with Crippen molar-refractivity contribution in [1.82, 2.24) is 14.5 Å². The van der Waals surface area contributed by atoms with Gasteiger partial charge in [0.1, 0.15) is 5.58 Å². The zero-order chi connectivity index (χ0) is 42.4. The Kier molecular flexibility index (Phi) is 11.6. The van der Waals surface area contributed by atoms with Gasteiger partial charge in [0.25, 0.3) is 0 Å². The Morgan fingerprint density at radius 1 is 0.619 bits per heavy atom. The van der Waals surface area contributed by atoms with Crippen molar-refractivity contribution >= 4 is 67.8 Å². The molecule has 0 N–H and O–H groups in total. The summed E-state index contributed by atoms with van der Waals surface area (Å²) in [7, 11) is -1.43. The molecule has 63 heavy (non-hydrogen) atoms. The summed E-state index contributed by atoms with van der Waals surface area (Å²) >= 11 is 0. The Labute approximate surface area is 383 Å². The molecule has 3 heterocycles. The maximum Gasteiger partial charge on any atom is 0.120 e. The SMILES string of the molecule is CC(C)Cc1cc(-c2[c-]ccc3c2ccc2ccccc23)ncc1[Si](C)(C)C.[Ir].[c-]1ccc2c(oc3ccccc32)c1-c1nc2ccccc2n1-c1ccc(-c2ccccc2)cc1. The molecule has 0 saturated heterocycles. The molecule has 11 rings (SSSR count). The molecule has 0 saturated carbocycles. The molecule has 8 aromatic carbocycles. The van der Waals surface area contributed by atoms with E-state index in [1.54, 1.807) is 0 Å². The number of aromatic nitrogens is 3. The molecule has 3 aromatic heterocycles. The van der Waals surface area contributed by atoms with Gasteiger partial charge >= 0.3 is 0 Å². The summed E-state index contributed by atoms with van der Waals surface area (Å²) in [5.41, 5.74) is 11.6. The minimum Gasteiger partial charge on any atom is -0.501 e. The predicted octanol–water partition coefficient (Wildman–Crippen LogP) is 14.7. The quantitative estimate of drug-likeness (QED) is 0.0908. The van der Waals surface area contributed by atoms with Gasteiger partial charge in [0.2, 0.25) is 0 Å². The van der Waals surface area contributed by atoms with Gasteiger partial charge in [-0.15, -0.1) is 42.0 Å². The smallest absolute Gasteiger partial charge is 0.120 e. The molecule has 0 amide bonds. The summed E-state index contributed by atoms with van der Waals surface area (Å²) in [6.07, 6.45) is 3.25. The van der Waals surface area contributed by atoms with E-state index < -0.39 is 8.07 Å². The zero-order valence-electron chi connectivity index (χ0n) is 36.1. The molecule has 11 aromatic rings. The van der Waals surface area contributed by atoms with Crippen molar-refractivity contribution in [2.45, 2.75) is 39.9 Å². The molecular weight excluding hydrogens is 963 g/mol. The van der Waals surface area contributed by atoms with Crippen molar-refractivity contribution in [2.75, 3.05) is 0 Å². The average Bonchev–Trinajstić information content (AvgIpc) is 3.88. The average molecular weight is 1010 g/mol. The number of hydrogen-bond donors (Lipinski definition) is 0. The van der Waals surface area contributed by atoms with Crippen molar-refractivity contribution in [3.05, 3.63) is 194 Å². The summed E-state index contributed by atoms with van der Waals surface area (Å²) in [4.78, 5) is 9.95. The minimum absolute atomic E-state index is 0. The number of nitrogens with zero attached hydrogens (tertiary/aromatic N) is 3. The molecule has 0 aliphatic heterocycles. The first-order chi connectivity index (χ1) is 30.2. The van der Waals surface area contributed by atoms with Gasteiger partial charge in [-0.2, -0.15) is 0 Å². The van der Waals surface area contributed by atoms with E-state index in [-0.39, 0.29) is 20.1 Å². The van der Waals surface area contributed by atoms with Crippen molar-refractivity contribution in [3.8, 4) is 39.5 Å². The molecule has 0 aliphatic rings. The van der Waals surface area contributed by atoms with Crippen LogP contribution in [0.3, 0.4) is 0 Å². The van der Waals surface area contributed by atoms with E-state index in [0.717, 1.165) is 67.7 Å². The van der Waals surface area contributed by atoms with Gasteiger partial charge < -0.3 is 14.0 Å². The fourth-order valence-electron chi connectivity index (χ4n) is 8.85. The maximum atomic E-state index is 6.32. The molecule has 4 nitrogen and oxygen atoms in total. The Balaban J connectivity index is 0.000000161. The summed E-state index contributed by atoms with van der Waals surface area (Å²) in [5.74, 6) is 1.45. The molecule has 0 unspecified atom stereocenters. The molecule has 311 valence electrons.